The average Bonchev–Trinajstić information content (AvgIpc) is 3.63. The van der Waals surface area contributed by atoms with Crippen molar-refractivity contribution in [3.8, 4) is 0 Å². The summed E-state index contributed by atoms with van der Waals surface area (Å²) < 4.78 is 2.15. The van der Waals surface area contributed by atoms with Crippen LogP contribution in [0.4, 0.5) is 5.82 Å². The van der Waals surface area contributed by atoms with E-state index in [1.165, 1.54) is 17.6 Å². The Hall–Kier alpha value is -3.93. The van der Waals surface area contributed by atoms with Crippen molar-refractivity contribution in [3.63, 3.8) is 0 Å². The van der Waals surface area contributed by atoms with E-state index in [0.717, 1.165) is 42.4 Å². The van der Waals surface area contributed by atoms with E-state index >= 15 is 0 Å². The summed E-state index contributed by atoms with van der Waals surface area (Å²) in [7, 11) is 1.85. The van der Waals surface area contributed by atoms with Crippen LogP contribution in [0.3, 0.4) is 0 Å². The Kier molecular flexibility index (Phi) is 5.34. The lowest BCUT2D eigenvalue weighted by molar-refractivity contribution is 0.0854. The fourth-order valence-corrected chi connectivity index (χ4v) is 6.34. The van der Waals surface area contributed by atoms with Gasteiger partial charge in [0.25, 0.3) is 5.91 Å². The van der Waals surface area contributed by atoms with Crippen LogP contribution in [0.25, 0.3) is 0 Å². The monoisotopic (exact) mass is 489 g/mol. The van der Waals surface area contributed by atoms with E-state index < -0.39 is 0 Å². The SMILES string of the molecule is CN1C(=O)c2c(nc(CC3=CCC(c4ccccc4)C=C3)n2Cc2ccccc2)N2C1=N[C@@H]1CCC[C@@H]12. The number of carbonyl (C=O) groups is 1. The highest BCUT2D eigenvalue weighted by molar-refractivity contribution is 6.18. The van der Waals surface area contributed by atoms with Crippen LogP contribution in [0.5, 0.6) is 0 Å². The second kappa shape index (κ2) is 8.87. The molecule has 0 bridgehead atoms. The smallest absolute Gasteiger partial charge is 0.280 e. The third-order valence-corrected chi connectivity index (χ3v) is 8.29. The number of fused-ring (bicyclic) bond motifs is 5. The predicted octanol–water partition coefficient (Wildman–Crippen LogP) is 5.33. The van der Waals surface area contributed by atoms with Crippen molar-refractivity contribution in [3.05, 3.63) is 107 Å². The summed E-state index contributed by atoms with van der Waals surface area (Å²) in [6.07, 6.45) is 11.9. The van der Waals surface area contributed by atoms with Crippen LogP contribution < -0.4 is 4.90 Å². The van der Waals surface area contributed by atoms with Crippen molar-refractivity contribution in [2.24, 2.45) is 4.99 Å². The van der Waals surface area contributed by atoms with Gasteiger partial charge in [-0.1, -0.05) is 78.9 Å². The maximum Gasteiger partial charge on any atom is 0.280 e. The maximum absolute atomic E-state index is 13.7. The topological polar surface area (TPSA) is 53.7 Å². The Morgan fingerprint density at radius 2 is 1.78 bits per heavy atom. The second-order valence-corrected chi connectivity index (χ2v) is 10.6. The lowest BCUT2D eigenvalue weighted by atomic mass is 9.89. The molecule has 1 saturated carbocycles. The van der Waals surface area contributed by atoms with Gasteiger partial charge in [0.15, 0.2) is 11.5 Å². The van der Waals surface area contributed by atoms with Gasteiger partial charge in [-0.25, -0.2) is 9.98 Å². The zero-order chi connectivity index (χ0) is 24.9. The lowest BCUT2D eigenvalue weighted by Gasteiger charge is -2.34. The molecule has 3 atom stereocenters. The molecule has 0 radical (unpaired) electrons. The summed E-state index contributed by atoms with van der Waals surface area (Å²) in [5.41, 5.74) is 4.45. The minimum absolute atomic E-state index is 0.0167. The summed E-state index contributed by atoms with van der Waals surface area (Å²) >= 11 is 0. The predicted molar refractivity (Wildman–Crippen MR) is 146 cm³/mol. The second-order valence-electron chi connectivity index (χ2n) is 10.6. The molecule has 1 unspecified atom stereocenters. The number of rotatable bonds is 5. The molecule has 1 fully saturated rings. The summed E-state index contributed by atoms with van der Waals surface area (Å²) in [5.74, 6) is 2.89. The minimum atomic E-state index is -0.0167. The van der Waals surface area contributed by atoms with Gasteiger partial charge in [-0.05, 0) is 42.4 Å². The number of allylic oxidation sites excluding steroid dienone is 4. The molecule has 186 valence electrons. The first kappa shape index (κ1) is 22.3. The van der Waals surface area contributed by atoms with Crippen LogP contribution in [-0.4, -0.2) is 45.4 Å². The molecule has 2 aromatic carbocycles. The molecule has 3 heterocycles. The molecule has 1 amide bonds. The van der Waals surface area contributed by atoms with Gasteiger partial charge in [-0.3, -0.25) is 14.6 Å². The molecule has 3 aromatic rings. The van der Waals surface area contributed by atoms with Crippen LogP contribution in [-0.2, 0) is 13.0 Å². The van der Waals surface area contributed by atoms with E-state index in [0.29, 0.717) is 30.6 Å². The fourth-order valence-electron chi connectivity index (χ4n) is 6.34. The molecule has 0 N–H and O–H groups in total. The summed E-state index contributed by atoms with van der Waals surface area (Å²) in [4.78, 5) is 27.9. The zero-order valence-corrected chi connectivity index (χ0v) is 21.1. The van der Waals surface area contributed by atoms with Crippen LogP contribution in [0, 0.1) is 0 Å². The molecule has 6 nitrogen and oxygen atoms in total. The molecule has 0 saturated heterocycles. The number of hydrogen-bond acceptors (Lipinski definition) is 4. The highest BCUT2D eigenvalue weighted by Crippen LogP contribution is 2.41. The third kappa shape index (κ3) is 3.74. The lowest BCUT2D eigenvalue weighted by Crippen LogP contribution is -2.51. The molecule has 4 aliphatic rings. The minimum Gasteiger partial charge on any atom is -0.317 e. The molecular formula is C31H31N5O. The van der Waals surface area contributed by atoms with Crippen molar-refractivity contribution in [2.75, 3.05) is 11.9 Å². The number of aromatic nitrogens is 2. The molecular weight excluding hydrogens is 458 g/mol. The largest absolute Gasteiger partial charge is 0.317 e. The van der Waals surface area contributed by atoms with Crippen molar-refractivity contribution >= 4 is 17.7 Å². The number of amides is 1. The van der Waals surface area contributed by atoms with E-state index in [4.69, 9.17) is 9.98 Å². The first-order chi connectivity index (χ1) is 18.2. The Balaban J connectivity index is 1.26. The van der Waals surface area contributed by atoms with Crippen LogP contribution in [0.2, 0.25) is 0 Å². The Morgan fingerprint density at radius 1 is 1.00 bits per heavy atom. The zero-order valence-electron chi connectivity index (χ0n) is 21.1. The molecule has 1 aromatic heterocycles. The number of hydrogen-bond donors (Lipinski definition) is 0. The number of anilines is 1. The fraction of sp³-hybridized carbons (Fsp3) is 0.323. The highest BCUT2D eigenvalue weighted by Gasteiger charge is 2.49. The molecule has 2 aliphatic heterocycles. The number of carbonyl (C=O) groups excluding carboxylic acids is 1. The Labute approximate surface area is 217 Å². The van der Waals surface area contributed by atoms with E-state index in [-0.39, 0.29) is 11.9 Å². The van der Waals surface area contributed by atoms with Gasteiger partial charge in [-0.15, -0.1) is 0 Å². The number of nitrogens with zero attached hydrogens (tertiary/aromatic N) is 5. The highest BCUT2D eigenvalue weighted by atomic mass is 16.2. The molecule has 7 rings (SSSR count). The van der Waals surface area contributed by atoms with Crippen molar-refractivity contribution in [1.82, 2.24) is 14.5 Å². The number of guanidine groups is 1. The summed E-state index contributed by atoms with van der Waals surface area (Å²) in [6, 6.07) is 21.6. The maximum atomic E-state index is 13.7. The Morgan fingerprint density at radius 3 is 2.54 bits per heavy atom. The van der Waals surface area contributed by atoms with Crippen LogP contribution in [0.1, 0.15) is 59.0 Å². The van der Waals surface area contributed by atoms with Gasteiger partial charge < -0.3 is 4.57 Å². The van der Waals surface area contributed by atoms with E-state index in [2.05, 4.69) is 82.3 Å². The van der Waals surface area contributed by atoms with Gasteiger partial charge >= 0.3 is 0 Å². The normalized spacial score (nSPS) is 24.0. The van der Waals surface area contributed by atoms with Gasteiger partial charge in [0.05, 0.1) is 12.1 Å². The summed E-state index contributed by atoms with van der Waals surface area (Å²) in [5, 5.41) is 0. The third-order valence-electron chi connectivity index (χ3n) is 8.29. The van der Waals surface area contributed by atoms with Crippen molar-refractivity contribution < 1.29 is 4.79 Å². The number of benzene rings is 2. The van der Waals surface area contributed by atoms with Gasteiger partial charge in [0.2, 0.25) is 5.96 Å². The van der Waals surface area contributed by atoms with Gasteiger partial charge in [0.1, 0.15) is 5.82 Å². The molecule has 0 spiro atoms. The Bertz CT molecular complexity index is 1430. The van der Waals surface area contributed by atoms with Gasteiger partial charge in [0, 0.05) is 25.9 Å². The quantitative estimate of drug-likeness (QED) is 0.487. The van der Waals surface area contributed by atoms with Crippen LogP contribution in [0.15, 0.2) is 89.5 Å². The van der Waals surface area contributed by atoms with E-state index in [1.807, 2.05) is 13.1 Å². The number of imidazole rings is 1. The standard InChI is InChI=1S/C31H31N5O/c1-34-30(37)28-29(36-26-14-8-13-25(26)32-31(34)36)33-27(35(28)20-22-9-4-2-5-10-22)19-21-15-17-24(18-16-21)23-11-6-3-7-12-23/h2-7,9-12,15-17,24-26H,8,13-14,18-20H2,1H3/t24?,25-,26+/m1/s1. The van der Waals surface area contributed by atoms with Crippen molar-refractivity contribution in [2.45, 2.75) is 56.7 Å². The van der Waals surface area contributed by atoms with E-state index in [1.54, 1.807) is 4.90 Å². The number of aliphatic imine (C=N–C) groups is 1. The first-order valence-electron chi connectivity index (χ1n) is 13.4. The molecule has 2 aliphatic carbocycles. The van der Waals surface area contributed by atoms with E-state index in [9.17, 15) is 4.79 Å². The molecule has 37 heavy (non-hydrogen) atoms. The first-order valence-corrected chi connectivity index (χ1v) is 13.4. The van der Waals surface area contributed by atoms with Gasteiger partial charge in [-0.2, -0.15) is 0 Å². The van der Waals surface area contributed by atoms with Crippen molar-refractivity contribution in [1.29, 1.82) is 0 Å². The molecule has 6 heteroatoms. The van der Waals surface area contributed by atoms with Crippen LogP contribution >= 0.6 is 0 Å². The average molecular weight is 490 g/mol. The summed E-state index contributed by atoms with van der Waals surface area (Å²) in [6.45, 7) is 0.621.